The van der Waals surface area contributed by atoms with Gasteiger partial charge in [0.05, 0.1) is 22.5 Å². The molecular weight excluding hydrogens is 532 g/mol. The summed E-state index contributed by atoms with van der Waals surface area (Å²) in [7, 11) is -7.84. The lowest BCUT2D eigenvalue weighted by Crippen LogP contribution is -2.49. The Morgan fingerprint density at radius 1 is 0.846 bits per heavy atom. The maximum atomic E-state index is 13.7. The second kappa shape index (κ2) is 12.0. The van der Waals surface area contributed by atoms with E-state index >= 15 is 0 Å². The van der Waals surface area contributed by atoms with E-state index in [2.05, 4.69) is 9.71 Å². The number of hydrogen-bond donors (Lipinski definition) is 1. The minimum absolute atomic E-state index is 0.0955. The quantitative estimate of drug-likeness (QED) is 0.307. The minimum Gasteiger partial charge on any atom is -0.340 e. The van der Waals surface area contributed by atoms with Crippen LogP contribution in [0.15, 0.2) is 93.1 Å². The highest BCUT2D eigenvalue weighted by molar-refractivity contribution is 7.90. The normalized spacial score (nSPS) is 17.2. The van der Waals surface area contributed by atoms with Crippen molar-refractivity contribution in [2.75, 3.05) is 19.6 Å². The van der Waals surface area contributed by atoms with Crippen LogP contribution in [-0.4, -0.2) is 57.7 Å². The lowest BCUT2D eigenvalue weighted by atomic mass is 10.1. The maximum Gasteiger partial charge on any atom is 0.283 e. The number of amidine groups is 1. The molecule has 1 heterocycles. The van der Waals surface area contributed by atoms with Crippen LogP contribution in [0.5, 0.6) is 0 Å². The molecule has 0 amide bonds. The van der Waals surface area contributed by atoms with E-state index in [-0.39, 0.29) is 34.6 Å². The molecule has 0 bridgehead atoms. The molecule has 1 N–H and O–H groups in total. The molecule has 1 aliphatic heterocycles. The van der Waals surface area contributed by atoms with Gasteiger partial charge in [0, 0.05) is 19.6 Å². The zero-order chi connectivity index (χ0) is 28.2. The third kappa shape index (κ3) is 6.75. The van der Waals surface area contributed by atoms with Crippen LogP contribution in [0.2, 0.25) is 0 Å². The van der Waals surface area contributed by atoms with E-state index in [9.17, 15) is 16.8 Å². The molecule has 1 saturated heterocycles. The topological polar surface area (TPSA) is 99.2 Å². The Labute approximate surface area is 232 Å². The first-order valence-electron chi connectivity index (χ1n) is 13.0. The van der Waals surface area contributed by atoms with Crippen LogP contribution in [0, 0.1) is 19.8 Å². The fraction of sp³-hybridized carbons (Fsp3) is 0.345. The summed E-state index contributed by atoms with van der Waals surface area (Å²) < 4.78 is 59.9. The van der Waals surface area contributed by atoms with E-state index in [1.165, 1.54) is 4.31 Å². The zero-order valence-electron chi connectivity index (χ0n) is 22.8. The summed E-state index contributed by atoms with van der Waals surface area (Å²) in [4.78, 5) is 2.13. The first-order valence-corrected chi connectivity index (χ1v) is 15.9. The largest absolute Gasteiger partial charge is 0.340 e. The summed E-state index contributed by atoms with van der Waals surface area (Å²) in [5.74, 6) is 0.154. The highest BCUT2D eigenvalue weighted by Crippen LogP contribution is 2.29. The predicted octanol–water partition coefficient (Wildman–Crippen LogP) is 4.17. The van der Waals surface area contributed by atoms with Crippen molar-refractivity contribution in [3.63, 3.8) is 0 Å². The summed E-state index contributed by atoms with van der Waals surface area (Å²) in [6.07, 6.45) is -0.596. The van der Waals surface area contributed by atoms with Crippen LogP contribution < -0.4 is 5.32 Å². The van der Waals surface area contributed by atoms with Gasteiger partial charge in [-0.2, -0.15) is 12.7 Å². The molecule has 0 aliphatic carbocycles. The standard InChI is InChI=1S/C29H36N4O4S2/c1-22(2)29-32(18-19-33(29)39(36,37)27-16-12-24(4)13-17-27)28(21-30-20-25-8-6-5-7-9-25)31-38(34,35)26-14-10-23(3)11-15-26/h5-17,22,29-30H,18-21H2,1-4H3/b31-28-. The second-order valence-corrected chi connectivity index (χ2v) is 13.7. The van der Waals surface area contributed by atoms with Crippen molar-refractivity contribution in [1.29, 1.82) is 0 Å². The number of rotatable bonds is 9. The van der Waals surface area contributed by atoms with E-state index in [1.54, 1.807) is 48.5 Å². The fourth-order valence-corrected chi connectivity index (χ4v) is 7.46. The molecule has 208 valence electrons. The van der Waals surface area contributed by atoms with Gasteiger partial charge in [0.2, 0.25) is 10.0 Å². The van der Waals surface area contributed by atoms with Crippen LogP contribution in [0.3, 0.4) is 0 Å². The Bertz CT molecular complexity index is 1500. The second-order valence-electron chi connectivity index (χ2n) is 10.2. The van der Waals surface area contributed by atoms with Crippen molar-refractivity contribution < 1.29 is 16.8 Å². The van der Waals surface area contributed by atoms with E-state index < -0.39 is 26.2 Å². The van der Waals surface area contributed by atoms with Crippen LogP contribution in [-0.2, 0) is 26.6 Å². The molecule has 3 aromatic rings. The summed E-state index contributed by atoms with van der Waals surface area (Å²) >= 11 is 0. The van der Waals surface area contributed by atoms with Gasteiger partial charge in [-0.05, 0) is 49.6 Å². The maximum absolute atomic E-state index is 13.7. The van der Waals surface area contributed by atoms with Gasteiger partial charge in [0.1, 0.15) is 5.84 Å². The van der Waals surface area contributed by atoms with Gasteiger partial charge >= 0.3 is 0 Å². The van der Waals surface area contributed by atoms with Gasteiger partial charge in [0.25, 0.3) is 10.0 Å². The number of nitrogens with zero attached hydrogens (tertiary/aromatic N) is 3. The average Bonchev–Trinajstić information content (AvgIpc) is 3.36. The molecule has 8 nitrogen and oxygen atoms in total. The molecule has 1 unspecified atom stereocenters. The lowest BCUT2D eigenvalue weighted by Gasteiger charge is -2.34. The van der Waals surface area contributed by atoms with E-state index in [0.29, 0.717) is 13.1 Å². The molecule has 0 radical (unpaired) electrons. The number of nitrogens with one attached hydrogen (secondary N) is 1. The molecule has 39 heavy (non-hydrogen) atoms. The third-order valence-electron chi connectivity index (χ3n) is 6.73. The third-order valence-corrected chi connectivity index (χ3v) is 9.93. The Kier molecular flexibility index (Phi) is 8.90. The first kappa shape index (κ1) is 28.9. The lowest BCUT2D eigenvalue weighted by molar-refractivity contribution is 0.210. The van der Waals surface area contributed by atoms with Crippen molar-refractivity contribution in [2.24, 2.45) is 10.3 Å². The Morgan fingerprint density at radius 3 is 1.97 bits per heavy atom. The van der Waals surface area contributed by atoms with Gasteiger partial charge in [-0.15, -0.1) is 4.40 Å². The highest BCUT2D eigenvalue weighted by atomic mass is 32.2. The molecule has 0 saturated carbocycles. The summed E-state index contributed by atoms with van der Waals surface area (Å²) in [5, 5.41) is 3.31. The molecule has 4 rings (SSSR count). The molecule has 0 spiro atoms. The van der Waals surface area contributed by atoms with Crippen molar-refractivity contribution in [3.05, 3.63) is 95.6 Å². The molecule has 1 aliphatic rings. The monoisotopic (exact) mass is 568 g/mol. The van der Waals surface area contributed by atoms with Crippen molar-refractivity contribution in [1.82, 2.24) is 14.5 Å². The number of sulfonamides is 2. The minimum atomic E-state index is -4.03. The molecular formula is C29H36N4O4S2. The molecule has 1 atom stereocenters. The van der Waals surface area contributed by atoms with Gasteiger partial charge in [-0.1, -0.05) is 79.6 Å². The molecule has 3 aromatic carbocycles. The highest BCUT2D eigenvalue weighted by Gasteiger charge is 2.43. The van der Waals surface area contributed by atoms with Crippen molar-refractivity contribution >= 4 is 25.9 Å². The summed E-state index contributed by atoms with van der Waals surface area (Å²) in [6.45, 7) is 8.88. The zero-order valence-corrected chi connectivity index (χ0v) is 24.4. The summed E-state index contributed by atoms with van der Waals surface area (Å²) in [6, 6.07) is 23.1. The number of benzene rings is 3. The van der Waals surface area contributed by atoms with E-state index in [0.717, 1.165) is 16.7 Å². The van der Waals surface area contributed by atoms with Gasteiger partial charge in [0.15, 0.2) is 0 Å². The number of hydrogen-bond acceptors (Lipinski definition) is 5. The van der Waals surface area contributed by atoms with Gasteiger partial charge < -0.3 is 10.2 Å². The first-order chi connectivity index (χ1) is 18.5. The van der Waals surface area contributed by atoms with Crippen LogP contribution >= 0.6 is 0 Å². The molecule has 1 fully saturated rings. The molecule has 0 aromatic heterocycles. The molecule has 10 heteroatoms. The predicted molar refractivity (Wildman–Crippen MR) is 154 cm³/mol. The van der Waals surface area contributed by atoms with Crippen molar-refractivity contribution in [2.45, 2.75) is 50.2 Å². The van der Waals surface area contributed by atoms with E-state index in [1.807, 2.05) is 62.9 Å². The van der Waals surface area contributed by atoms with Crippen LogP contribution in [0.1, 0.15) is 30.5 Å². The van der Waals surface area contributed by atoms with Gasteiger partial charge in [-0.3, -0.25) is 0 Å². The Hall–Kier alpha value is -3.05. The SMILES string of the molecule is Cc1ccc(S(=O)(=O)/N=C(/CNCc2ccccc2)N2CCN(S(=O)(=O)c3ccc(C)cc3)C2C(C)C)cc1. The van der Waals surface area contributed by atoms with Crippen LogP contribution in [0.4, 0.5) is 0 Å². The van der Waals surface area contributed by atoms with E-state index in [4.69, 9.17) is 0 Å². The van der Waals surface area contributed by atoms with Crippen molar-refractivity contribution in [3.8, 4) is 0 Å². The summed E-state index contributed by atoms with van der Waals surface area (Å²) in [5.41, 5.74) is 2.96. The van der Waals surface area contributed by atoms with Gasteiger partial charge in [-0.25, -0.2) is 8.42 Å². The van der Waals surface area contributed by atoms with Crippen LogP contribution in [0.25, 0.3) is 0 Å². The Balaban J connectivity index is 1.69. The average molecular weight is 569 g/mol. The smallest absolute Gasteiger partial charge is 0.283 e. The number of aryl methyl sites for hydroxylation is 2. The Morgan fingerprint density at radius 2 is 1.41 bits per heavy atom. The fourth-order valence-electron chi connectivity index (χ4n) is 4.71.